The van der Waals surface area contributed by atoms with E-state index in [2.05, 4.69) is 10.6 Å². The highest BCUT2D eigenvalue weighted by atomic mass is 32.2. The molecule has 1 aromatic rings. The summed E-state index contributed by atoms with van der Waals surface area (Å²) in [5, 5.41) is 4.85. The van der Waals surface area contributed by atoms with Gasteiger partial charge in [0.2, 0.25) is 11.8 Å². The number of carbonyl (C=O) groups excluding carboxylic acids is 5. The summed E-state index contributed by atoms with van der Waals surface area (Å²) in [7, 11) is 0.337. The number of thioether (sulfide) groups is 1. The molecule has 1 aromatic carbocycles. The second-order valence-corrected chi connectivity index (χ2v) is 9.74. The summed E-state index contributed by atoms with van der Waals surface area (Å²) >= 11 is 1.11. The van der Waals surface area contributed by atoms with Gasteiger partial charge in [-0.15, -0.1) is 0 Å². The predicted octanol–water partition coefficient (Wildman–Crippen LogP) is 2.72. The molecule has 1 saturated heterocycles. The van der Waals surface area contributed by atoms with E-state index in [1.807, 2.05) is 6.92 Å². The number of hydrogen-bond donors (Lipinski definition) is 2. The van der Waals surface area contributed by atoms with Gasteiger partial charge in [-0.25, -0.2) is 0 Å². The number of rotatable bonds is 8. The van der Waals surface area contributed by atoms with E-state index in [0.29, 0.717) is 50.4 Å². The molecule has 2 heterocycles. The van der Waals surface area contributed by atoms with Crippen LogP contribution in [0.1, 0.15) is 48.5 Å². The summed E-state index contributed by atoms with van der Waals surface area (Å²) < 4.78 is 0. The SMILES string of the molecule is CCPC(=O)CCCSC(=O)Nc1cccc2c1CN(C1CCC(=O)NC1=O)C2=O. The van der Waals surface area contributed by atoms with Gasteiger partial charge in [-0.05, 0) is 31.1 Å². The predicted molar refractivity (Wildman–Crippen MR) is 117 cm³/mol. The van der Waals surface area contributed by atoms with Gasteiger partial charge < -0.3 is 10.2 Å². The van der Waals surface area contributed by atoms with Crippen LogP contribution in [-0.2, 0) is 20.9 Å². The molecule has 8 nitrogen and oxygen atoms in total. The van der Waals surface area contributed by atoms with Crippen molar-refractivity contribution >= 4 is 54.5 Å². The lowest BCUT2D eigenvalue weighted by molar-refractivity contribution is -0.136. The minimum atomic E-state index is -0.693. The Labute approximate surface area is 180 Å². The Bertz CT molecular complexity index is 891. The van der Waals surface area contributed by atoms with Gasteiger partial charge in [-0.3, -0.25) is 29.3 Å². The molecular weight excluding hydrogens is 425 g/mol. The maximum Gasteiger partial charge on any atom is 0.283 e. The number of nitrogens with zero attached hydrogens (tertiary/aromatic N) is 1. The first kappa shape index (κ1) is 22.4. The fourth-order valence-electron chi connectivity index (χ4n) is 3.53. The molecule has 2 aliphatic heterocycles. The van der Waals surface area contributed by atoms with Crippen LogP contribution in [0.4, 0.5) is 10.5 Å². The van der Waals surface area contributed by atoms with Crippen LogP contribution in [0.3, 0.4) is 0 Å². The summed E-state index contributed by atoms with van der Waals surface area (Å²) in [5.74, 6) is -0.533. The van der Waals surface area contributed by atoms with Crippen LogP contribution < -0.4 is 10.6 Å². The van der Waals surface area contributed by atoms with E-state index in [1.54, 1.807) is 18.2 Å². The molecule has 0 saturated carbocycles. The van der Waals surface area contributed by atoms with Crippen molar-refractivity contribution in [1.82, 2.24) is 10.2 Å². The first-order valence-corrected chi connectivity index (χ1v) is 12.1. The van der Waals surface area contributed by atoms with Crippen LogP contribution in [0.2, 0.25) is 0 Å². The summed E-state index contributed by atoms with van der Waals surface area (Å²) in [6, 6.07) is 4.40. The van der Waals surface area contributed by atoms with Crippen molar-refractivity contribution in [3.8, 4) is 0 Å². The van der Waals surface area contributed by atoms with Crippen LogP contribution in [-0.4, -0.2) is 51.3 Å². The highest BCUT2D eigenvalue weighted by Crippen LogP contribution is 2.32. The molecule has 2 unspecified atom stereocenters. The lowest BCUT2D eigenvalue weighted by atomic mass is 10.0. The Kier molecular flexibility index (Phi) is 7.61. The highest BCUT2D eigenvalue weighted by Gasteiger charge is 2.39. The summed E-state index contributed by atoms with van der Waals surface area (Å²) in [5.41, 5.74) is 1.90. The monoisotopic (exact) mass is 449 g/mol. The zero-order valence-corrected chi connectivity index (χ0v) is 18.5. The van der Waals surface area contributed by atoms with Gasteiger partial charge >= 0.3 is 0 Å². The molecule has 0 aromatic heterocycles. The molecule has 30 heavy (non-hydrogen) atoms. The quantitative estimate of drug-likeness (QED) is 0.359. The second-order valence-electron chi connectivity index (χ2n) is 7.05. The fourth-order valence-corrected chi connectivity index (χ4v) is 4.94. The molecule has 160 valence electrons. The van der Waals surface area contributed by atoms with Crippen LogP contribution in [0, 0.1) is 0 Å². The maximum atomic E-state index is 12.8. The Balaban J connectivity index is 1.59. The number of carbonyl (C=O) groups is 5. The largest absolute Gasteiger partial charge is 0.322 e. The van der Waals surface area contributed by atoms with Gasteiger partial charge in [0.1, 0.15) is 6.04 Å². The number of benzene rings is 1. The number of nitrogens with one attached hydrogen (secondary N) is 2. The molecule has 2 aliphatic rings. The number of anilines is 1. The molecule has 0 aliphatic carbocycles. The molecular formula is C20H24N3O5PS. The van der Waals surface area contributed by atoms with E-state index in [1.165, 1.54) is 4.90 Å². The van der Waals surface area contributed by atoms with Crippen LogP contribution in [0.5, 0.6) is 0 Å². The van der Waals surface area contributed by atoms with Crippen molar-refractivity contribution in [1.29, 1.82) is 0 Å². The number of amides is 4. The van der Waals surface area contributed by atoms with Crippen LogP contribution in [0.15, 0.2) is 18.2 Å². The molecule has 0 bridgehead atoms. The van der Waals surface area contributed by atoms with E-state index in [0.717, 1.165) is 17.9 Å². The molecule has 2 N–H and O–H groups in total. The maximum absolute atomic E-state index is 12.8. The fraction of sp³-hybridized carbons (Fsp3) is 0.450. The lowest BCUT2D eigenvalue weighted by Crippen LogP contribution is -2.52. The Hall–Kier alpha value is -2.25. The molecule has 0 radical (unpaired) electrons. The van der Waals surface area contributed by atoms with Gasteiger partial charge in [0, 0.05) is 42.0 Å². The highest BCUT2D eigenvalue weighted by molar-refractivity contribution is 8.13. The lowest BCUT2D eigenvalue weighted by Gasteiger charge is -2.29. The average Bonchev–Trinajstić information content (AvgIpc) is 3.03. The van der Waals surface area contributed by atoms with Crippen molar-refractivity contribution in [2.75, 3.05) is 17.2 Å². The smallest absolute Gasteiger partial charge is 0.283 e. The molecule has 3 rings (SSSR count). The third-order valence-electron chi connectivity index (χ3n) is 4.97. The zero-order chi connectivity index (χ0) is 21.7. The summed E-state index contributed by atoms with van der Waals surface area (Å²) in [6.07, 6.45) is 2.48. The number of imide groups is 1. The molecule has 4 amide bonds. The molecule has 2 atom stereocenters. The van der Waals surface area contributed by atoms with Crippen LogP contribution in [0.25, 0.3) is 0 Å². The van der Waals surface area contributed by atoms with Crippen LogP contribution >= 0.6 is 20.3 Å². The Morgan fingerprint density at radius 1 is 1.30 bits per heavy atom. The van der Waals surface area contributed by atoms with Crippen molar-refractivity contribution in [2.24, 2.45) is 0 Å². The van der Waals surface area contributed by atoms with E-state index in [4.69, 9.17) is 0 Å². The Morgan fingerprint density at radius 3 is 2.83 bits per heavy atom. The van der Waals surface area contributed by atoms with E-state index >= 15 is 0 Å². The molecule has 0 spiro atoms. The molecule has 10 heteroatoms. The van der Waals surface area contributed by atoms with E-state index in [9.17, 15) is 24.0 Å². The first-order valence-electron chi connectivity index (χ1n) is 9.87. The number of piperidine rings is 1. The first-order chi connectivity index (χ1) is 14.4. The minimum absolute atomic E-state index is 0.192. The number of fused-ring (bicyclic) bond motifs is 1. The standard InChI is InChI=1S/C20H24N3O5PS/c1-2-29-17(25)7-4-10-30-20(28)21-14-6-3-5-12-13(14)11-23(19(12)27)15-8-9-16(24)22-18(15)26/h3,5-6,15,29H,2,4,7-11H2,1H3,(H,21,28)(H,22,24,26). The van der Waals surface area contributed by atoms with Gasteiger partial charge in [-0.2, -0.15) is 0 Å². The van der Waals surface area contributed by atoms with Crippen molar-refractivity contribution in [2.45, 2.75) is 45.2 Å². The van der Waals surface area contributed by atoms with Gasteiger partial charge in [0.15, 0.2) is 5.52 Å². The Morgan fingerprint density at radius 2 is 2.10 bits per heavy atom. The summed E-state index contributed by atoms with van der Waals surface area (Å²) in [6.45, 7) is 2.18. The second kappa shape index (κ2) is 10.2. The van der Waals surface area contributed by atoms with E-state index < -0.39 is 11.9 Å². The van der Waals surface area contributed by atoms with Crippen molar-refractivity contribution < 1.29 is 24.0 Å². The third-order valence-corrected chi connectivity index (χ3v) is 6.83. The average molecular weight is 449 g/mol. The van der Waals surface area contributed by atoms with Gasteiger partial charge in [-0.1, -0.05) is 33.3 Å². The van der Waals surface area contributed by atoms with Gasteiger partial charge in [0.25, 0.3) is 11.1 Å². The third kappa shape index (κ3) is 5.26. The zero-order valence-electron chi connectivity index (χ0n) is 16.7. The van der Waals surface area contributed by atoms with E-state index in [-0.39, 0.29) is 35.5 Å². The van der Waals surface area contributed by atoms with Crippen molar-refractivity contribution in [3.05, 3.63) is 29.3 Å². The number of hydrogen-bond acceptors (Lipinski definition) is 6. The molecule has 1 fully saturated rings. The topological polar surface area (TPSA) is 113 Å². The van der Waals surface area contributed by atoms with Gasteiger partial charge in [0.05, 0.1) is 0 Å². The van der Waals surface area contributed by atoms with Crippen molar-refractivity contribution in [3.63, 3.8) is 0 Å². The minimum Gasteiger partial charge on any atom is -0.322 e. The normalized spacial score (nSPS) is 18.6. The summed E-state index contributed by atoms with van der Waals surface area (Å²) in [4.78, 5) is 61.7.